The van der Waals surface area contributed by atoms with Gasteiger partial charge in [-0.05, 0) is 38.4 Å². The summed E-state index contributed by atoms with van der Waals surface area (Å²) >= 11 is 0. The van der Waals surface area contributed by atoms with Gasteiger partial charge in [-0.15, -0.1) is 0 Å². The summed E-state index contributed by atoms with van der Waals surface area (Å²) in [6, 6.07) is 8.00. The maximum Gasteiger partial charge on any atom is 0.122 e. The Morgan fingerprint density at radius 3 is 2.62 bits per heavy atom. The summed E-state index contributed by atoms with van der Waals surface area (Å²) < 4.78 is 5.28. The predicted octanol–water partition coefficient (Wildman–Crippen LogP) is 1.60. The van der Waals surface area contributed by atoms with Crippen molar-refractivity contribution in [2.75, 3.05) is 20.3 Å². The molecule has 0 aliphatic carbocycles. The number of aliphatic hydroxyl groups is 1. The average molecular weight is 223 g/mol. The molecule has 16 heavy (non-hydrogen) atoms. The van der Waals surface area contributed by atoms with E-state index in [0.717, 1.165) is 18.7 Å². The number of hydrogen-bond acceptors (Lipinski definition) is 3. The van der Waals surface area contributed by atoms with Crippen molar-refractivity contribution in [3.63, 3.8) is 0 Å². The van der Waals surface area contributed by atoms with Crippen molar-refractivity contribution in [2.45, 2.75) is 25.8 Å². The molecular formula is C13H21NO2. The van der Waals surface area contributed by atoms with E-state index in [9.17, 15) is 0 Å². The summed E-state index contributed by atoms with van der Waals surface area (Å²) in [7, 11) is 1.68. The quantitative estimate of drug-likeness (QED) is 0.769. The van der Waals surface area contributed by atoms with E-state index in [1.165, 1.54) is 5.56 Å². The van der Waals surface area contributed by atoms with Crippen molar-refractivity contribution in [3.8, 4) is 5.75 Å². The van der Waals surface area contributed by atoms with Crippen molar-refractivity contribution in [1.82, 2.24) is 5.32 Å². The van der Waals surface area contributed by atoms with Crippen LogP contribution in [0.4, 0.5) is 0 Å². The Kier molecular flexibility index (Phi) is 4.77. The number of rotatable bonds is 6. The summed E-state index contributed by atoms with van der Waals surface area (Å²) in [4.78, 5) is 0. The third kappa shape index (κ3) is 3.83. The van der Waals surface area contributed by atoms with Crippen LogP contribution in [0.5, 0.6) is 5.75 Å². The second-order valence-electron chi connectivity index (χ2n) is 4.53. The van der Waals surface area contributed by atoms with Crippen molar-refractivity contribution in [3.05, 3.63) is 29.8 Å². The topological polar surface area (TPSA) is 41.5 Å². The van der Waals surface area contributed by atoms with E-state index in [0.29, 0.717) is 0 Å². The molecule has 0 spiro atoms. The van der Waals surface area contributed by atoms with Crippen molar-refractivity contribution < 1.29 is 9.84 Å². The molecule has 0 heterocycles. The van der Waals surface area contributed by atoms with Gasteiger partial charge in [-0.3, -0.25) is 0 Å². The van der Waals surface area contributed by atoms with Gasteiger partial charge in [-0.1, -0.05) is 18.2 Å². The number of methoxy groups -OCH3 is 1. The van der Waals surface area contributed by atoms with E-state index in [2.05, 4.69) is 11.4 Å². The largest absolute Gasteiger partial charge is 0.496 e. The molecule has 3 heteroatoms. The van der Waals surface area contributed by atoms with Crippen LogP contribution in [0.1, 0.15) is 19.4 Å². The van der Waals surface area contributed by atoms with E-state index in [4.69, 9.17) is 9.84 Å². The van der Waals surface area contributed by atoms with Crippen molar-refractivity contribution >= 4 is 0 Å². The van der Waals surface area contributed by atoms with Gasteiger partial charge in [0, 0.05) is 5.54 Å². The van der Waals surface area contributed by atoms with Crippen LogP contribution in [-0.4, -0.2) is 30.9 Å². The predicted molar refractivity (Wildman–Crippen MR) is 65.9 cm³/mol. The number of hydrogen-bond donors (Lipinski definition) is 2. The van der Waals surface area contributed by atoms with Gasteiger partial charge in [0.25, 0.3) is 0 Å². The lowest BCUT2D eigenvalue weighted by Gasteiger charge is -2.23. The first-order valence-electron chi connectivity index (χ1n) is 5.57. The molecule has 0 unspecified atom stereocenters. The van der Waals surface area contributed by atoms with Gasteiger partial charge in [0.1, 0.15) is 5.75 Å². The van der Waals surface area contributed by atoms with Gasteiger partial charge < -0.3 is 15.2 Å². The fraction of sp³-hybridized carbons (Fsp3) is 0.538. The molecule has 0 saturated heterocycles. The van der Waals surface area contributed by atoms with Gasteiger partial charge in [-0.25, -0.2) is 0 Å². The lowest BCUT2D eigenvalue weighted by molar-refractivity contribution is 0.189. The summed E-state index contributed by atoms with van der Waals surface area (Å²) in [6.07, 6.45) is 0.896. The maximum atomic E-state index is 9.10. The number of aliphatic hydroxyl groups excluding tert-OH is 1. The molecule has 0 amide bonds. The Balaban J connectivity index is 2.49. The zero-order valence-electron chi connectivity index (χ0n) is 10.3. The number of nitrogens with one attached hydrogen (secondary N) is 1. The van der Waals surface area contributed by atoms with Crippen LogP contribution >= 0.6 is 0 Å². The minimum absolute atomic E-state index is 0.138. The molecule has 0 fully saturated rings. The summed E-state index contributed by atoms with van der Waals surface area (Å²) in [5.74, 6) is 0.922. The molecule has 0 aliphatic rings. The third-order valence-corrected chi connectivity index (χ3v) is 2.59. The Labute approximate surface area is 97.4 Å². The smallest absolute Gasteiger partial charge is 0.122 e. The molecule has 0 bridgehead atoms. The molecule has 0 atom stereocenters. The Hall–Kier alpha value is -1.06. The third-order valence-electron chi connectivity index (χ3n) is 2.59. The lowest BCUT2D eigenvalue weighted by Crippen LogP contribution is -2.43. The fourth-order valence-corrected chi connectivity index (χ4v) is 1.50. The van der Waals surface area contributed by atoms with Gasteiger partial charge in [-0.2, -0.15) is 0 Å². The second kappa shape index (κ2) is 5.87. The van der Waals surface area contributed by atoms with E-state index < -0.39 is 0 Å². The van der Waals surface area contributed by atoms with Crippen LogP contribution in [0.3, 0.4) is 0 Å². The fourth-order valence-electron chi connectivity index (χ4n) is 1.50. The summed E-state index contributed by atoms with van der Waals surface area (Å²) in [6.45, 7) is 4.93. The minimum Gasteiger partial charge on any atom is -0.496 e. The van der Waals surface area contributed by atoms with E-state index in [1.54, 1.807) is 7.11 Å². The monoisotopic (exact) mass is 223 g/mol. The maximum absolute atomic E-state index is 9.10. The van der Waals surface area contributed by atoms with Crippen LogP contribution in [0.15, 0.2) is 24.3 Å². The van der Waals surface area contributed by atoms with Crippen LogP contribution in [0.25, 0.3) is 0 Å². The Morgan fingerprint density at radius 2 is 2.00 bits per heavy atom. The molecule has 0 aromatic heterocycles. The molecule has 2 N–H and O–H groups in total. The van der Waals surface area contributed by atoms with E-state index in [1.807, 2.05) is 32.0 Å². The van der Waals surface area contributed by atoms with Crippen LogP contribution in [0, 0.1) is 0 Å². The summed E-state index contributed by atoms with van der Waals surface area (Å²) in [5, 5.41) is 12.4. The number of para-hydroxylation sites is 1. The molecule has 0 saturated carbocycles. The Bertz CT molecular complexity index is 323. The van der Waals surface area contributed by atoms with Gasteiger partial charge in [0.15, 0.2) is 0 Å². The van der Waals surface area contributed by atoms with E-state index >= 15 is 0 Å². The molecular weight excluding hydrogens is 202 g/mol. The van der Waals surface area contributed by atoms with Gasteiger partial charge >= 0.3 is 0 Å². The molecule has 0 radical (unpaired) electrons. The first-order valence-corrected chi connectivity index (χ1v) is 5.57. The molecule has 3 nitrogen and oxygen atoms in total. The highest BCUT2D eigenvalue weighted by Gasteiger charge is 2.14. The zero-order valence-corrected chi connectivity index (χ0v) is 10.3. The number of benzene rings is 1. The van der Waals surface area contributed by atoms with Crippen LogP contribution in [-0.2, 0) is 6.42 Å². The van der Waals surface area contributed by atoms with Crippen molar-refractivity contribution in [1.29, 1.82) is 0 Å². The highest BCUT2D eigenvalue weighted by Crippen LogP contribution is 2.17. The minimum atomic E-state index is -0.220. The highest BCUT2D eigenvalue weighted by atomic mass is 16.5. The molecule has 1 aromatic rings. The Morgan fingerprint density at radius 1 is 1.31 bits per heavy atom. The standard InChI is InChI=1S/C13H21NO2/c1-13(2,10-15)14-9-8-11-6-4-5-7-12(11)16-3/h4-7,14-15H,8-10H2,1-3H3. The number of ether oxygens (including phenoxy) is 1. The van der Waals surface area contributed by atoms with E-state index in [-0.39, 0.29) is 12.1 Å². The van der Waals surface area contributed by atoms with Gasteiger partial charge in [0.05, 0.1) is 13.7 Å². The normalized spacial score (nSPS) is 11.5. The molecule has 1 aromatic carbocycles. The van der Waals surface area contributed by atoms with Crippen molar-refractivity contribution in [2.24, 2.45) is 0 Å². The molecule has 0 aliphatic heterocycles. The average Bonchev–Trinajstić information content (AvgIpc) is 2.29. The first-order chi connectivity index (χ1) is 7.59. The van der Waals surface area contributed by atoms with Crippen LogP contribution in [0.2, 0.25) is 0 Å². The van der Waals surface area contributed by atoms with Crippen LogP contribution < -0.4 is 10.1 Å². The SMILES string of the molecule is COc1ccccc1CCNC(C)(C)CO. The lowest BCUT2D eigenvalue weighted by atomic mass is 10.1. The highest BCUT2D eigenvalue weighted by molar-refractivity contribution is 5.33. The molecule has 90 valence electrons. The second-order valence-corrected chi connectivity index (χ2v) is 4.53. The van der Waals surface area contributed by atoms with Gasteiger partial charge in [0.2, 0.25) is 0 Å². The molecule has 1 rings (SSSR count). The summed E-state index contributed by atoms with van der Waals surface area (Å²) in [5.41, 5.74) is 0.966. The first kappa shape index (κ1) is 13.0. The zero-order chi connectivity index (χ0) is 12.0.